The monoisotopic (exact) mass is 300 g/mol. The Balaban J connectivity index is 2.96. The average Bonchev–Trinajstić information content (AvgIpc) is 2.72. The van der Waals surface area contributed by atoms with Crippen molar-refractivity contribution in [1.82, 2.24) is 0 Å². The molecule has 0 unspecified atom stereocenters. The normalized spacial score (nSPS) is 14.5. The largest absolute Gasteiger partial charge is 0.0985 e. The molecule has 0 heteroatoms. The third-order valence-electron chi connectivity index (χ3n) is 4.32. The third kappa shape index (κ3) is 2.98. The first-order valence-electron chi connectivity index (χ1n) is 7.84. The number of hydrogen-bond donors (Lipinski definition) is 0. The quantitative estimate of drug-likeness (QED) is 0.568. The van der Waals surface area contributed by atoms with Gasteiger partial charge in [0, 0.05) is 0 Å². The van der Waals surface area contributed by atoms with E-state index in [9.17, 15) is 0 Å². The van der Waals surface area contributed by atoms with Crippen molar-refractivity contribution in [3.8, 4) is 0 Å². The summed E-state index contributed by atoms with van der Waals surface area (Å²) in [5.41, 5.74) is 9.35. The van der Waals surface area contributed by atoms with E-state index in [2.05, 4.69) is 64.4 Å². The van der Waals surface area contributed by atoms with Crippen molar-refractivity contribution in [2.24, 2.45) is 0 Å². The van der Waals surface area contributed by atoms with E-state index >= 15 is 0 Å². The molecular formula is C23H24. The summed E-state index contributed by atoms with van der Waals surface area (Å²) < 4.78 is 0. The van der Waals surface area contributed by atoms with Crippen LogP contribution in [-0.2, 0) is 0 Å². The van der Waals surface area contributed by atoms with Crippen molar-refractivity contribution in [2.75, 3.05) is 0 Å². The molecule has 1 aromatic rings. The van der Waals surface area contributed by atoms with E-state index in [1.807, 2.05) is 24.3 Å². The molecule has 0 amide bonds. The Morgan fingerprint density at radius 2 is 1.61 bits per heavy atom. The summed E-state index contributed by atoms with van der Waals surface area (Å²) in [6.07, 6.45) is 13.0. The standard InChI is InChI=1S/C23H24/c1-7-18-13-11-12-16(5)22(20(18)9-3)23-17(6)14-15-19(8-2)21(23)10-4/h7-10,12-15H,1-4,11H2,5-6H3. The van der Waals surface area contributed by atoms with Crippen LogP contribution >= 0.6 is 0 Å². The zero-order valence-electron chi connectivity index (χ0n) is 14.2. The zero-order valence-corrected chi connectivity index (χ0v) is 14.2. The highest BCUT2D eigenvalue weighted by atomic mass is 14.2. The van der Waals surface area contributed by atoms with Crippen LogP contribution in [0.2, 0.25) is 0 Å². The van der Waals surface area contributed by atoms with E-state index < -0.39 is 0 Å². The van der Waals surface area contributed by atoms with E-state index in [1.165, 1.54) is 22.3 Å². The molecule has 116 valence electrons. The molecule has 1 aliphatic carbocycles. The smallest absolute Gasteiger partial charge is 0.00675 e. The van der Waals surface area contributed by atoms with E-state index in [0.29, 0.717) is 0 Å². The fourth-order valence-corrected chi connectivity index (χ4v) is 3.15. The summed E-state index contributed by atoms with van der Waals surface area (Å²) in [5, 5.41) is 0. The molecule has 0 N–H and O–H groups in total. The summed E-state index contributed by atoms with van der Waals surface area (Å²) in [6, 6.07) is 4.24. The van der Waals surface area contributed by atoms with E-state index in [-0.39, 0.29) is 0 Å². The zero-order chi connectivity index (χ0) is 17.0. The molecule has 1 aliphatic rings. The fraction of sp³-hybridized carbons (Fsp3) is 0.130. The first-order valence-corrected chi connectivity index (χ1v) is 7.84. The second kappa shape index (κ2) is 7.11. The van der Waals surface area contributed by atoms with Gasteiger partial charge in [0.15, 0.2) is 0 Å². The minimum absolute atomic E-state index is 0.900. The molecular weight excluding hydrogens is 276 g/mol. The van der Waals surface area contributed by atoms with Gasteiger partial charge in [-0.05, 0) is 64.8 Å². The minimum Gasteiger partial charge on any atom is -0.0985 e. The predicted molar refractivity (Wildman–Crippen MR) is 105 cm³/mol. The molecule has 0 heterocycles. The van der Waals surface area contributed by atoms with Crippen LogP contribution in [0.4, 0.5) is 0 Å². The van der Waals surface area contributed by atoms with E-state index in [4.69, 9.17) is 0 Å². The van der Waals surface area contributed by atoms with Crippen molar-refractivity contribution >= 4 is 17.7 Å². The lowest BCUT2D eigenvalue weighted by molar-refractivity contribution is 1.33. The molecule has 0 aromatic heterocycles. The van der Waals surface area contributed by atoms with Crippen LogP contribution in [0.1, 0.15) is 35.6 Å². The van der Waals surface area contributed by atoms with E-state index in [1.54, 1.807) is 0 Å². The maximum Gasteiger partial charge on any atom is -0.00675 e. The van der Waals surface area contributed by atoms with Crippen molar-refractivity contribution in [3.05, 3.63) is 102 Å². The van der Waals surface area contributed by atoms with Crippen molar-refractivity contribution in [1.29, 1.82) is 0 Å². The minimum atomic E-state index is 0.900. The van der Waals surface area contributed by atoms with Gasteiger partial charge in [-0.25, -0.2) is 0 Å². The van der Waals surface area contributed by atoms with Crippen LogP contribution in [0, 0.1) is 6.92 Å². The molecule has 2 rings (SSSR count). The molecule has 0 saturated heterocycles. The van der Waals surface area contributed by atoms with Gasteiger partial charge in [-0.2, -0.15) is 0 Å². The van der Waals surface area contributed by atoms with Gasteiger partial charge in [0.25, 0.3) is 0 Å². The molecule has 0 aliphatic heterocycles. The Hall–Kier alpha value is -2.60. The van der Waals surface area contributed by atoms with Crippen LogP contribution in [0.25, 0.3) is 17.7 Å². The number of rotatable bonds is 5. The predicted octanol–water partition coefficient (Wildman–Crippen LogP) is 6.68. The topological polar surface area (TPSA) is 0 Å². The third-order valence-corrected chi connectivity index (χ3v) is 4.32. The maximum absolute atomic E-state index is 4.04. The molecule has 1 aromatic carbocycles. The molecule has 0 bridgehead atoms. The lowest BCUT2D eigenvalue weighted by Crippen LogP contribution is -2.00. The van der Waals surface area contributed by atoms with Crippen LogP contribution < -0.4 is 0 Å². The van der Waals surface area contributed by atoms with Crippen molar-refractivity contribution in [3.63, 3.8) is 0 Å². The van der Waals surface area contributed by atoms with Gasteiger partial charge in [-0.15, -0.1) is 0 Å². The molecule has 0 spiro atoms. The molecule has 23 heavy (non-hydrogen) atoms. The van der Waals surface area contributed by atoms with E-state index in [0.717, 1.165) is 28.7 Å². The van der Waals surface area contributed by atoms with Gasteiger partial charge in [0.1, 0.15) is 0 Å². The number of aryl methyl sites for hydroxylation is 1. The van der Waals surface area contributed by atoms with Gasteiger partial charge in [-0.3, -0.25) is 0 Å². The van der Waals surface area contributed by atoms with Gasteiger partial charge in [0.2, 0.25) is 0 Å². The average molecular weight is 300 g/mol. The summed E-state index contributed by atoms with van der Waals surface area (Å²) in [7, 11) is 0. The summed E-state index contributed by atoms with van der Waals surface area (Å²) in [5.74, 6) is 0. The Morgan fingerprint density at radius 1 is 0.870 bits per heavy atom. The SMILES string of the molecule is C=CC1=CCC=C(C)C(c2c(C)ccc(C=C)c2C=C)=C1C=C. The van der Waals surface area contributed by atoms with Crippen LogP contribution in [-0.4, -0.2) is 0 Å². The molecule has 0 nitrogen and oxygen atoms in total. The Kier molecular flexibility index (Phi) is 5.18. The highest BCUT2D eigenvalue weighted by molar-refractivity contribution is 5.92. The van der Waals surface area contributed by atoms with Gasteiger partial charge in [-0.1, -0.05) is 74.9 Å². The van der Waals surface area contributed by atoms with Crippen LogP contribution in [0.5, 0.6) is 0 Å². The van der Waals surface area contributed by atoms with Crippen LogP contribution in [0.3, 0.4) is 0 Å². The molecule has 0 atom stereocenters. The molecule has 0 saturated carbocycles. The summed E-state index contributed by atoms with van der Waals surface area (Å²) in [6.45, 7) is 20.3. The lowest BCUT2D eigenvalue weighted by atomic mass is 9.84. The maximum atomic E-state index is 4.04. The van der Waals surface area contributed by atoms with Gasteiger partial charge < -0.3 is 0 Å². The first kappa shape index (κ1) is 16.8. The lowest BCUT2D eigenvalue weighted by Gasteiger charge is -2.20. The summed E-state index contributed by atoms with van der Waals surface area (Å²) in [4.78, 5) is 0. The number of benzene rings is 1. The molecule has 0 radical (unpaired) electrons. The Bertz CT molecular complexity index is 777. The summed E-state index contributed by atoms with van der Waals surface area (Å²) >= 11 is 0. The second-order valence-corrected chi connectivity index (χ2v) is 5.65. The van der Waals surface area contributed by atoms with Gasteiger partial charge in [0.05, 0.1) is 0 Å². The second-order valence-electron chi connectivity index (χ2n) is 5.65. The number of allylic oxidation sites excluding steroid dienone is 8. The Morgan fingerprint density at radius 3 is 2.17 bits per heavy atom. The highest BCUT2D eigenvalue weighted by Gasteiger charge is 2.19. The van der Waals surface area contributed by atoms with Crippen molar-refractivity contribution in [2.45, 2.75) is 20.3 Å². The highest BCUT2D eigenvalue weighted by Crippen LogP contribution is 2.38. The fourth-order valence-electron chi connectivity index (χ4n) is 3.15. The number of hydrogen-bond acceptors (Lipinski definition) is 0. The first-order chi connectivity index (χ1) is 11.1. The van der Waals surface area contributed by atoms with Gasteiger partial charge >= 0.3 is 0 Å². The molecule has 0 fully saturated rings. The van der Waals surface area contributed by atoms with Crippen molar-refractivity contribution < 1.29 is 0 Å². The van der Waals surface area contributed by atoms with Crippen LogP contribution in [0.15, 0.2) is 79.5 Å². The Labute approximate surface area is 140 Å².